The van der Waals surface area contributed by atoms with Crippen LogP contribution in [0.2, 0.25) is 0 Å². The summed E-state index contributed by atoms with van der Waals surface area (Å²) in [6.45, 7) is 1.15. The van der Waals surface area contributed by atoms with Crippen LogP contribution in [0.1, 0.15) is 10.4 Å². The van der Waals surface area contributed by atoms with Gasteiger partial charge in [0, 0.05) is 13.7 Å². The van der Waals surface area contributed by atoms with Gasteiger partial charge >= 0.3 is 5.97 Å². The number of nitrogens with one attached hydrogen (secondary N) is 1. The molecule has 2 aromatic carbocycles. The summed E-state index contributed by atoms with van der Waals surface area (Å²) in [5.74, 6) is -0.0988. The number of carboxylic acid groups (broad SMARTS) is 1. The third kappa shape index (κ3) is 4.38. The summed E-state index contributed by atoms with van der Waals surface area (Å²) in [7, 11) is -2.43. The topological polar surface area (TPSA) is 111 Å². The van der Waals surface area contributed by atoms with Crippen LogP contribution in [0, 0.1) is 0 Å². The van der Waals surface area contributed by atoms with Crippen LogP contribution < -0.4 is 14.2 Å². The molecule has 0 unspecified atom stereocenters. The van der Waals surface area contributed by atoms with Gasteiger partial charge in [0.15, 0.2) is 11.5 Å². The first kappa shape index (κ1) is 19.2. The van der Waals surface area contributed by atoms with Crippen LogP contribution in [0.5, 0.6) is 11.5 Å². The molecular weight excluding hydrogens is 374 g/mol. The van der Waals surface area contributed by atoms with Crippen LogP contribution in [-0.2, 0) is 14.8 Å². The molecule has 144 valence electrons. The number of hydrogen-bond donors (Lipinski definition) is 2. The largest absolute Gasteiger partial charge is 0.486 e. The lowest BCUT2D eigenvalue weighted by Gasteiger charge is -2.19. The van der Waals surface area contributed by atoms with Gasteiger partial charge in [0.25, 0.3) is 0 Å². The Hall–Kier alpha value is -2.62. The van der Waals surface area contributed by atoms with E-state index in [0.717, 1.165) is 6.07 Å². The van der Waals surface area contributed by atoms with Crippen molar-refractivity contribution in [3.63, 3.8) is 0 Å². The van der Waals surface area contributed by atoms with Gasteiger partial charge in [-0.1, -0.05) is 6.07 Å². The molecule has 0 amide bonds. The minimum atomic E-state index is -3.89. The molecule has 0 aromatic heterocycles. The molecule has 0 bridgehead atoms. The first-order chi connectivity index (χ1) is 12.9. The van der Waals surface area contributed by atoms with Crippen LogP contribution >= 0.6 is 0 Å². The summed E-state index contributed by atoms with van der Waals surface area (Å²) in [5.41, 5.74) is 0.934. The zero-order valence-electron chi connectivity index (χ0n) is 14.6. The van der Waals surface area contributed by atoms with Gasteiger partial charge in [0.2, 0.25) is 10.0 Å². The Morgan fingerprint density at radius 3 is 2.56 bits per heavy atom. The Bertz CT molecular complexity index is 956. The van der Waals surface area contributed by atoms with Crippen LogP contribution in [0.15, 0.2) is 41.3 Å². The lowest BCUT2D eigenvalue weighted by molar-refractivity contribution is 0.0696. The minimum Gasteiger partial charge on any atom is -0.486 e. The van der Waals surface area contributed by atoms with Crippen molar-refractivity contribution in [3.8, 4) is 22.6 Å². The SMILES string of the molecule is COCCNS(=O)(=O)c1cc(C(=O)O)cc(-c2ccc3c(c2)OCCO3)c1. The summed E-state index contributed by atoms with van der Waals surface area (Å²) < 4.78 is 43.2. The average molecular weight is 393 g/mol. The predicted molar refractivity (Wildman–Crippen MR) is 96.9 cm³/mol. The molecule has 2 aromatic rings. The number of sulfonamides is 1. The number of carboxylic acids is 1. The van der Waals surface area contributed by atoms with Crippen molar-refractivity contribution in [1.29, 1.82) is 0 Å². The van der Waals surface area contributed by atoms with Crippen molar-refractivity contribution in [2.24, 2.45) is 0 Å². The van der Waals surface area contributed by atoms with Gasteiger partial charge in [0.05, 0.1) is 17.1 Å². The van der Waals surface area contributed by atoms with E-state index in [1.165, 1.54) is 19.2 Å². The number of ether oxygens (including phenoxy) is 3. The molecule has 3 rings (SSSR count). The molecule has 0 atom stereocenters. The van der Waals surface area contributed by atoms with Gasteiger partial charge in [-0.05, 0) is 41.5 Å². The van der Waals surface area contributed by atoms with Crippen molar-refractivity contribution in [2.75, 3.05) is 33.5 Å². The second-order valence-electron chi connectivity index (χ2n) is 5.80. The van der Waals surface area contributed by atoms with Crippen molar-refractivity contribution in [3.05, 3.63) is 42.0 Å². The summed E-state index contributed by atoms with van der Waals surface area (Å²) in [4.78, 5) is 11.3. The van der Waals surface area contributed by atoms with Gasteiger partial charge in [-0.3, -0.25) is 0 Å². The Morgan fingerprint density at radius 2 is 1.85 bits per heavy atom. The van der Waals surface area contributed by atoms with Crippen LogP contribution in [0.4, 0.5) is 0 Å². The van der Waals surface area contributed by atoms with Gasteiger partial charge in [-0.25, -0.2) is 17.9 Å². The molecule has 27 heavy (non-hydrogen) atoms. The lowest BCUT2D eigenvalue weighted by atomic mass is 10.0. The minimum absolute atomic E-state index is 0.0789. The van der Waals surface area contributed by atoms with Gasteiger partial charge in [-0.2, -0.15) is 0 Å². The summed E-state index contributed by atoms with van der Waals surface area (Å²) in [5, 5.41) is 9.37. The van der Waals surface area contributed by atoms with Crippen molar-refractivity contribution in [2.45, 2.75) is 4.90 Å². The highest BCUT2D eigenvalue weighted by molar-refractivity contribution is 7.89. The third-order valence-corrected chi connectivity index (χ3v) is 5.38. The smallest absolute Gasteiger partial charge is 0.335 e. The van der Waals surface area contributed by atoms with Crippen molar-refractivity contribution in [1.82, 2.24) is 4.72 Å². The molecular formula is C18H19NO7S. The highest BCUT2D eigenvalue weighted by atomic mass is 32.2. The number of aromatic carboxylic acids is 1. The highest BCUT2D eigenvalue weighted by Gasteiger charge is 2.19. The Kier molecular flexibility index (Phi) is 5.64. The highest BCUT2D eigenvalue weighted by Crippen LogP contribution is 2.35. The van der Waals surface area contributed by atoms with Crippen molar-refractivity contribution < 1.29 is 32.5 Å². The molecule has 1 aliphatic rings. The van der Waals surface area contributed by atoms with Gasteiger partial charge < -0.3 is 19.3 Å². The van der Waals surface area contributed by atoms with Crippen LogP contribution in [-0.4, -0.2) is 53.0 Å². The number of fused-ring (bicyclic) bond motifs is 1. The summed E-state index contributed by atoms with van der Waals surface area (Å²) in [6.07, 6.45) is 0. The molecule has 0 radical (unpaired) electrons. The maximum atomic E-state index is 12.5. The first-order valence-corrected chi connectivity index (χ1v) is 9.66. The van der Waals surface area contributed by atoms with Crippen LogP contribution in [0.25, 0.3) is 11.1 Å². The second-order valence-corrected chi connectivity index (χ2v) is 7.57. The van der Waals surface area contributed by atoms with E-state index in [1.807, 2.05) is 0 Å². The summed E-state index contributed by atoms with van der Waals surface area (Å²) in [6, 6.07) is 9.10. The zero-order valence-corrected chi connectivity index (χ0v) is 15.4. The third-order valence-electron chi connectivity index (χ3n) is 3.94. The molecule has 0 fully saturated rings. The number of benzene rings is 2. The molecule has 8 nitrogen and oxygen atoms in total. The average Bonchev–Trinajstić information content (AvgIpc) is 2.67. The fourth-order valence-electron chi connectivity index (χ4n) is 2.63. The number of carbonyl (C=O) groups is 1. The molecule has 0 saturated heterocycles. The van der Waals surface area contributed by atoms with E-state index >= 15 is 0 Å². The zero-order chi connectivity index (χ0) is 19.4. The molecule has 9 heteroatoms. The van der Waals surface area contributed by atoms with E-state index in [2.05, 4.69) is 4.72 Å². The molecule has 1 heterocycles. The fraction of sp³-hybridized carbons (Fsp3) is 0.278. The van der Waals surface area contributed by atoms with E-state index in [-0.39, 0.29) is 23.6 Å². The Morgan fingerprint density at radius 1 is 1.11 bits per heavy atom. The van der Waals surface area contributed by atoms with E-state index in [9.17, 15) is 18.3 Å². The lowest BCUT2D eigenvalue weighted by Crippen LogP contribution is -2.27. The molecule has 2 N–H and O–H groups in total. The van der Waals surface area contributed by atoms with E-state index < -0.39 is 16.0 Å². The van der Waals surface area contributed by atoms with Gasteiger partial charge in [0.1, 0.15) is 13.2 Å². The maximum Gasteiger partial charge on any atom is 0.335 e. The molecule has 1 aliphatic heterocycles. The summed E-state index contributed by atoms with van der Waals surface area (Å²) >= 11 is 0. The normalized spacial score (nSPS) is 13.4. The van der Waals surface area contributed by atoms with E-state index in [0.29, 0.717) is 35.8 Å². The standard InChI is InChI=1S/C18H19NO7S/c1-24-5-4-19-27(22,23)15-9-13(8-14(10-15)18(20)21)12-2-3-16-17(11-12)26-7-6-25-16/h2-3,8-11,19H,4-7H2,1H3,(H,20,21). The maximum absolute atomic E-state index is 12.5. The van der Waals surface area contributed by atoms with E-state index in [1.54, 1.807) is 18.2 Å². The second kappa shape index (κ2) is 7.95. The predicted octanol–water partition coefficient (Wildman–Crippen LogP) is 1.75. The number of methoxy groups -OCH3 is 1. The van der Waals surface area contributed by atoms with E-state index in [4.69, 9.17) is 14.2 Å². The Balaban J connectivity index is 2.03. The number of rotatable bonds is 7. The molecule has 0 spiro atoms. The molecule has 0 aliphatic carbocycles. The van der Waals surface area contributed by atoms with Crippen molar-refractivity contribution >= 4 is 16.0 Å². The van der Waals surface area contributed by atoms with Crippen LogP contribution in [0.3, 0.4) is 0 Å². The Labute approximate surface area is 156 Å². The molecule has 0 saturated carbocycles. The quantitative estimate of drug-likeness (QED) is 0.689. The number of hydrogen-bond acceptors (Lipinski definition) is 6. The fourth-order valence-corrected chi connectivity index (χ4v) is 3.71. The van der Waals surface area contributed by atoms with Gasteiger partial charge in [-0.15, -0.1) is 0 Å². The first-order valence-electron chi connectivity index (χ1n) is 8.18. The monoisotopic (exact) mass is 393 g/mol.